The highest BCUT2D eigenvalue weighted by Crippen LogP contribution is 2.28. The van der Waals surface area contributed by atoms with Gasteiger partial charge in [-0.3, -0.25) is 0 Å². The lowest BCUT2D eigenvalue weighted by Gasteiger charge is -2.17. The van der Waals surface area contributed by atoms with Gasteiger partial charge in [-0.25, -0.2) is 4.79 Å². The van der Waals surface area contributed by atoms with Gasteiger partial charge in [-0.15, -0.1) is 0 Å². The van der Waals surface area contributed by atoms with Gasteiger partial charge in [-0.05, 0) is 18.2 Å². The number of anilines is 1. The molecule has 0 aliphatic rings. The lowest BCUT2D eigenvalue weighted by Crippen LogP contribution is -2.23. The zero-order valence-corrected chi connectivity index (χ0v) is 11.6. The van der Waals surface area contributed by atoms with E-state index in [9.17, 15) is 13.6 Å². The number of carbonyl (C=O) groups is 1. The number of esters is 1. The summed E-state index contributed by atoms with van der Waals surface area (Å²) in [6.07, 6.45) is 0. The summed E-state index contributed by atoms with van der Waals surface area (Å²) in [4.78, 5) is 11.8. The Bertz CT molecular complexity index is 647. The van der Waals surface area contributed by atoms with Crippen molar-refractivity contribution in [1.82, 2.24) is 0 Å². The van der Waals surface area contributed by atoms with Crippen molar-refractivity contribution in [3.8, 4) is 0 Å². The molecule has 0 saturated carbocycles. The fourth-order valence-corrected chi connectivity index (χ4v) is 1.90. The van der Waals surface area contributed by atoms with E-state index in [1.165, 1.54) is 42.5 Å². The third-order valence-electron chi connectivity index (χ3n) is 2.81. The van der Waals surface area contributed by atoms with Crippen LogP contribution >= 0.6 is 11.6 Å². The van der Waals surface area contributed by atoms with Gasteiger partial charge < -0.3 is 10.5 Å². The van der Waals surface area contributed by atoms with Crippen LogP contribution in [-0.4, -0.2) is 12.6 Å². The zero-order chi connectivity index (χ0) is 15.5. The highest BCUT2D eigenvalue weighted by molar-refractivity contribution is 6.31. The van der Waals surface area contributed by atoms with Crippen LogP contribution in [-0.2, 0) is 10.7 Å². The van der Waals surface area contributed by atoms with E-state index in [1.807, 2.05) is 0 Å². The first-order valence-electron chi connectivity index (χ1n) is 6.05. The van der Waals surface area contributed by atoms with Gasteiger partial charge in [0, 0.05) is 16.3 Å². The Kier molecular flexibility index (Phi) is 4.43. The van der Waals surface area contributed by atoms with Crippen molar-refractivity contribution in [2.45, 2.75) is 5.92 Å². The molecule has 6 heteroatoms. The van der Waals surface area contributed by atoms with E-state index >= 15 is 0 Å². The average Bonchev–Trinajstić information content (AvgIpc) is 2.46. The second-order valence-corrected chi connectivity index (χ2v) is 4.81. The van der Waals surface area contributed by atoms with Crippen LogP contribution < -0.4 is 5.73 Å². The molecular weight excluding hydrogens is 300 g/mol. The van der Waals surface area contributed by atoms with E-state index in [4.69, 9.17) is 17.3 Å². The number of halogens is 3. The molecular formula is C15H12ClF2NO2. The number of nitrogen functional groups attached to an aromatic ring is 1. The van der Waals surface area contributed by atoms with E-state index in [-0.39, 0.29) is 16.8 Å². The molecule has 2 aromatic rings. The summed E-state index contributed by atoms with van der Waals surface area (Å²) in [6.45, 7) is -1.06. The van der Waals surface area contributed by atoms with Gasteiger partial charge >= 0.3 is 11.9 Å². The topological polar surface area (TPSA) is 52.3 Å². The number of alkyl halides is 2. The minimum Gasteiger partial charge on any atom is -0.455 e. The fourth-order valence-electron chi connectivity index (χ4n) is 1.72. The largest absolute Gasteiger partial charge is 0.455 e. The minimum atomic E-state index is -3.27. The average molecular weight is 312 g/mol. The molecule has 0 spiro atoms. The van der Waals surface area contributed by atoms with Gasteiger partial charge in [0.1, 0.15) is 0 Å². The summed E-state index contributed by atoms with van der Waals surface area (Å²) in [6, 6.07) is 11.3. The molecule has 0 aliphatic heterocycles. The standard InChI is InChI=1S/C15H12ClF2NO2/c16-11-6-7-12(13(19)8-11)14(20)21-9-15(17,18)10-4-2-1-3-5-10/h1-8H,9,19H2. The number of hydrogen-bond donors (Lipinski definition) is 1. The van der Waals surface area contributed by atoms with Gasteiger partial charge in [0.25, 0.3) is 0 Å². The molecule has 2 N–H and O–H groups in total. The van der Waals surface area contributed by atoms with Crippen molar-refractivity contribution >= 4 is 23.3 Å². The van der Waals surface area contributed by atoms with Gasteiger partial charge in [0.2, 0.25) is 0 Å². The fraction of sp³-hybridized carbons (Fsp3) is 0.133. The Hall–Kier alpha value is -2.14. The van der Waals surface area contributed by atoms with Gasteiger partial charge in [-0.2, -0.15) is 8.78 Å². The second-order valence-electron chi connectivity index (χ2n) is 4.38. The SMILES string of the molecule is Nc1cc(Cl)ccc1C(=O)OCC(F)(F)c1ccccc1. The van der Waals surface area contributed by atoms with E-state index in [0.717, 1.165) is 0 Å². The predicted molar refractivity (Wildman–Crippen MR) is 76.5 cm³/mol. The summed E-state index contributed by atoms with van der Waals surface area (Å²) in [7, 11) is 0. The number of nitrogens with two attached hydrogens (primary N) is 1. The van der Waals surface area contributed by atoms with Crippen molar-refractivity contribution < 1.29 is 18.3 Å². The third kappa shape index (κ3) is 3.70. The molecule has 21 heavy (non-hydrogen) atoms. The maximum atomic E-state index is 13.9. The number of carbonyl (C=O) groups excluding carboxylic acids is 1. The van der Waals surface area contributed by atoms with Crippen LogP contribution in [0.5, 0.6) is 0 Å². The second kappa shape index (κ2) is 6.10. The van der Waals surface area contributed by atoms with Crippen LogP contribution in [0.1, 0.15) is 15.9 Å². The first kappa shape index (κ1) is 15.3. The third-order valence-corrected chi connectivity index (χ3v) is 3.05. The molecule has 0 fully saturated rings. The molecule has 0 atom stereocenters. The maximum absolute atomic E-state index is 13.9. The van der Waals surface area contributed by atoms with Gasteiger partial charge in [0.15, 0.2) is 6.61 Å². The Morgan fingerprint density at radius 3 is 2.48 bits per heavy atom. The van der Waals surface area contributed by atoms with Gasteiger partial charge in [-0.1, -0.05) is 41.9 Å². The van der Waals surface area contributed by atoms with Crippen LogP contribution in [0, 0.1) is 0 Å². The lowest BCUT2D eigenvalue weighted by atomic mass is 10.1. The number of benzene rings is 2. The van der Waals surface area contributed by atoms with E-state index in [1.54, 1.807) is 6.07 Å². The first-order chi connectivity index (χ1) is 9.90. The zero-order valence-electron chi connectivity index (χ0n) is 10.9. The quantitative estimate of drug-likeness (QED) is 0.689. The van der Waals surface area contributed by atoms with Crippen LogP contribution in [0.15, 0.2) is 48.5 Å². The molecule has 0 saturated heterocycles. The molecule has 0 radical (unpaired) electrons. The van der Waals surface area contributed by atoms with Crippen molar-refractivity contribution in [2.24, 2.45) is 0 Å². The molecule has 0 aromatic heterocycles. The summed E-state index contributed by atoms with van der Waals surface area (Å²) in [5.74, 6) is -4.18. The molecule has 0 unspecified atom stereocenters. The first-order valence-corrected chi connectivity index (χ1v) is 6.43. The molecule has 110 valence electrons. The van der Waals surface area contributed by atoms with E-state index in [2.05, 4.69) is 4.74 Å². The van der Waals surface area contributed by atoms with Crippen molar-refractivity contribution in [2.75, 3.05) is 12.3 Å². The monoisotopic (exact) mass is 311 g/mol. The molecule has 0 heterocycles. The molecule has 0 amide bonds. The highest BCUT2D eigenvalue weighted by atomic mass is 35.5. The summed E-state index contributed by atoms with van der Waals surface area (Å²) in [5, 5.41) is 0.346. The van der Waals surface area contributed by atoms with Gasteiger partial charge in [0.05, 0.1) is 5.56 Å². The van der Waals surface area contributed by atoms with Crippen LogP contribution in [0.3, 0.4) is 0 Å². The number of rotatable bonds is 4. The van der Waals surface area contributed by atoms with E-state index in [0.29, 0.717) is 5.02 Å². The summed E-state index contributed by atoms with van der Waals surface area (Å²) < 4.78 is 32.4. The molecule has 3 nitrogen and oxygen atoms in total. The van der Waals surface area contributed by atoms with Crippen molar-refractivity contribution in [3.05, 3.63) is 64.7 Å². The summed E-state index contributed by atoms with van der Waals surface area (Å²) in [5.41, 5.74) is 5.46. The Labute approximate surface area is 125 Å². The molecule has 2 rings (SSSR count). The number of ether oxygens (including phenoxy) is 1. The Balaban J connectivity index is 2.07. The predicted octanol–water partition coefficient (Wildman–Crippen LogP) is 3.87. The summed E-state index contributed by atoms with van der Waals surface area (Å²) >= 11 is 5.70. The minimum absolute atomic E-state index is 0.00302. The van der Waals surface area contributed by atoms with Crippen LogP contribution in [0.25, 0.3) is 0 Å². The molecule has 0 aliphatic carbocycles. The van der Waals surface area contributed by atoms with E-state index < -0.39 is 18.5 Å². The van der Waals surface area contributed by atoms with Crippen LogP contribution in [0.2, 0.25) is 5.02 Å². The Morgan fingerprint density at radius 2 is 1.86 bits per heavy atom. The van der Waals surface area contributed by atoms with Crippen molar-refractivity contribution in [3.63, 3.8) is 0 Å². The maximum Gasteiger partial charge on any atom is 0.340 e. The highest BCUT2D eigenvalue weighted by Gasteiger charge is 2.33. The van der Waals surface area contributed by atoms with Crippen LogP contribution in [0.4, 0.5) is 14.5 Å². The number of hydrogen-bond acceptors (Lipinski definition) is 3. The Morgan fingerprint density at radius 1 is 1.19 bits per heavy atom. The lowest BCUT2D eigenvalue weighted by molar-refractivity contribution is -0.0661. The van der Waals surface area contributed by atoms with Crippen molar-refractivity contribution in [1.29, 1.82) is 0 Å². The molecule has 2 aromatic carbocycles. The smallest absolute Gasteiger partial charge is 0.340 e. The normalized spacial score (nSPS) is 11.2. The molecule has 0 bridgehead atoms.